The molecule has 114 valence electrons. The van der Waals surface area contributed by atoms with Crippen LogP contribution in [-0.4, -0.2) is 10.5 Å². The molecule has 0 fully saturated rings. The number of rotatable bonds is 5. The maximum Gasteiger partial charge on any atom is 0.129 e. The molecule has 0 saturated carbocycles. The van der Waals surface area contributed by atoms with Crippen molar-refractivity contribution in [2.24, 2.45) is 0 Å². The van der Waals surface area contributed by atoms with Crippen molar-refractivity contribution in [3.05, 3.63) is 65.0 Å². The lowest BCUT2D eigenvalue weighted by molar-refractivity contribution is 0.544. The number of nitrogens with zero attached hydrogens (tertiary/aromatic N) is 1. The summed E-state index contributed by atoms with van der Waals surface area (Å²) in [5.41, 5.74) is 1.89. The van der Waals surface area contributed by atoms with E-state index in [4.69, 9.17) is 5.26 Å². The predicted octanol–water partition coefficient (Wildman–Crippen LogP) is 3.29. The zero-order valence-electron chi connectivity index (χ0n) is 12.5. The fourth-order valence-corrected chi connectivity index (χ4v) is 2.61. The van der Waals surface area contributed by atoms with Crippen LogP contribution in [0.15, 0.2) is 47.4 Å². The van der Waals surface area contributed by atoms with Gasteiger partial charge in [0.05, 0.1) is 11.6 Å². The highest BCUT2D eigenvalue weighted by Crippen LogP contribution is 2.16. The molecule has 22 heavy (non-hydrogen) atoms. The molecular weight excluding hydrogens is 299 g/mol. The minimum atomic E-state index is -0.987. The highest BCUT2D eigenvalue weighted by molar-refractivity contribution is 7.84. The number of halogens is 1. The summed E-state index contributed by atoms with van der Waals surface area (Å²) in [6, 6.07) is 13.9. The first-order valence-corrected chi connectivity index (χ1v) is 8.42. The molecule has 1 N–H and O–H groups in total. The van der Waals surface area contributed by atoms with Crippen LogP contribution in [-0.2, 0) is 17.3 Å². The Bertz CT molecular complexity index is 722. The van der Waals surface area contributed by atoms with Gasteiger partial charge >= 0.3 is 0 Å². The Hall–Kier alpha value is -2.03. The van der Waals surface area contributed by atoms with Crippen LogP contribution in [0.2, 0.25) is 0 Å². The van der Waals surface area contributed by atoms with Gasteiger partial charge in [0.25, 0.3) is 0 Å². The number of hydrogen-bond donors (Lipinski definition) is 1. The molecule has 2 aromatic carbocycles. The van der Waals surface area contributed by atoms with E-state index in [2.05, 4.69) is 5.32 Å². The SMILES string of the molecule is C[C@@H](NCc1ccc(C#N)cc1F)c1ccc([S@@](C)=O)cc1. The van der Waals surface area contributed by atoms with E-state index in [0.717, 1.165) is 10.5 Å². The number of nitrogens with one attached hydrogen (secondary N) is 1. The normalized spacial score (nSPS) is 13.4. The van der Waals surface area contributed by atoms with Gasteiger partial charge in [0, 0.05) is 40.1 Å². The zero-order chi connectivity index (χ0) is 16.1. The van der Waals surface area contributed by atoms with E-state index < -0.39 is 10.8 Å². The van der Waals surface area contributed by atoms with Gasteiger partial charge in [-0.15, -0.1) is 0 Å². The van der Waals surface area contributed by atoms with Crippen molar-refractivity contribution >= 4 is 10.8 Å². The molecule has 0 saturated heterocycles. The first kappa shape index (κ1) is 16.3. The van der Waals surface area contributed by atoms with Crippen molar-refractivity contribution in [3.63, 3.8) is 0 Å². The van der Waals surface area contributed by atoms with Crippen LogP contribution in [0.3, 0.4) is 0 Å². The van der Waals surface area contributed by atoms with Crippen LogP contribution in [0, 0.1) is 17.1 Å². The summed E-state index contributed by atoms with van der Waals surface area (Å²) in [5.74, 6) is -0.379. The van der Waals surface area contributed by atoms with Crippen molar-refractivity contribution in [1.82, 2.24) is 5.32 Å². The molecule has 0 amide bonds. The average Bonchev–Trinajstić information content (AvgIpc) is 2.53. The first-order valence-electron chi connectivity index (χ1n) is 6.86. The third-order valence-corrected chi connectivity index (χ3v) is 4.43. The van der Waals surface area contributed by atoms with Gasteiger partial charge in [-0.3, -0.25) is 4.21 Å². The van der Waals surface area contributed by atoms with Crippen LogP contribution >= 0.6 is 0 Å². The summed E-state index contributed by atoms with van der Waals surface area (Å²) < 4.78 is 25.2. The lowest BCUT2D eigenvalue weighted by Crippen LogP contribution is -2.18. The molecule has 0 unspecified atom stereocenters. The zero-order valence-corrected chi connectivity index (χ0v) is 13.3. The minimum absolute atomic E-state index is 0.0365. The molecule has 0 radical (unpaired) electrons. The molecular formula is C17H17FN2OS. The Balaban J connectivity index is 2.02. The van der Waals surface area contributed by atoms with E-state index in [0.29, 0.717) is 17.7 Å². The Labute approximate surface area is 132 Å². The van der Waals surface area contributed by atoms with Gasteiger partial charge in [0.15, 0.2) is 0 Å². The summed E-state index contributed by atoms with van der Waals surface area (Å²) in [6.07, 6.45) is 1.64. The predicted molar refractivity (Wildman–Crippen MR) is 85.1 cm³/mol. The summed E-state index contributed by atoms with van der Waals surface area (Å²) in [6.45, 7) is 2.36. The van der Waals surface area contributed by atoms with Crippen LogP contribution in [0.25, 0.3) is 0 Å². The quantitative estimate of drug-likeness (QED) is 0.921. The van der Waals surface area contributed by atoms with E-state index in [1.54, 1.807) is 18.4 Å². The monoisotopic (exact) mass is 316 g/mol. The van der Waals surface area contributed by atoms with Gasteiger partial charge in [0.2, 0.25) is 0 Å². The van der Waals surface area contributed by atoms with E-state index >= 15 is 0 Å². The van der Waals surface area contributed by atoms with Crippen molar-refractivity contribution < 1.29 is 8.60 Å². The molecule has 0 bridgehead atoms. The third kappa shape index (κ3) is 4.00. The van der Waals surface area contributed by atoms with Crippen molar-refractivity contribution in [3.8, 4) is 6.07 Å². The maximum atomic E-state index is 13.8. The molecule has 0 aromatic heterocycles. The second kappa shape index (κ2) is 7.30. The topological polar surface area (TPSA) is 52.9 Å². The number of hydrogen-bond acceptors (Lipinski definition) is 3. The fourth-order valence-electron chi connectivity index (χ4n) is 2.09. The van der Waals surface area contributed by atoms with Crippen LogP contribution in [0.1, 0.15) is 29.7 Å². The van der Waals surface area contributed by atoms with Crippen LogP contribution in [0.5, 0.6) is 0 Å². The van der Waals surface area contributed by atoms with Crippen LogP contribution < -0.4 is 5.32 Å². The molecule has 0 aliphatic carbocycles. The number of nitriles is 1. The molecule has 0 spiro atoms. The second-order valence-corrected chi connectivity index (χ2v) is 6.42. The van der Waals surface area contributed by atoms with Gasteiger partial charge in [-0.05, 0) is 36.8 Å². The van der Waals surface area contributed by atoms with Crippen molar-refractivity contribution in [2.45, 2.75) is 24.4 Å². The first-order chi connectivity index (χ1) is 10.5. The summed E-state index contributed by atoms with van der Waals surface area (Å²) in [7, 11) is -0.987. The van der Waals surface area contributed by atoms with Gasteiger partial charge in [-0.25, -0.2) is 4.39 Å². The van der Waals surface area contributed by atoms with E-state index in [-0.39, 0.29) is 11.9 Å². The van der Waals surface area contributed by atoms with Gasteiger partial charge in [-0.2, -0.15) is 5.26 Å². The molecule has 0 aliphatic rings. The third-order valence-electron chi connectivity index (χ3n) is 3.49. The second-order valence-electron chi connectivity index (χ2n) is 5.04. The summed E-state index contributed by atoms with van der Waals surface area (Å²) in [5, 5.41) is 12.0. The highest BCUT2D eigenvalue weighted by atomic mass is 32.2. The van der Waals surface area contributed by atoms with E-state index in [1.807, 2.05) is 37.3 Å². The highest BCUT2D eigenvalue weighted by Gasteiger charge is 2.08. The molecule has 2 rings (SSSR count). The van der Waals surface area contributed by atoms with Crippen molar-refractivity contribution in [1.29, 1.82) is 5.26 Å². The standard InChI is InChI=1S/C17H17FN2OS/c1-12(14-5-7-16(8-6-14)22(2)21)20-11-15-4-3-13(10-19)9-17(15)18/h3-9,12,20H,11H2,1-2H3/t12-,22-/m1/s1. The Kier molecular flexibility index (Phi) is 5.42. The van der Waals surface area contributed by atoms with Gasteiger partial charge in [0.1, 0.15) is 5.82 Å². The molecule has 3 nitrogen and oxygen atoms in total. The molecule has 2 atom stereocenters. The number of benzene rings is 2. The maximum absolute atomic E-state index is 13.8. The molecule has 2 aromatic rings. The Morgan fingerprint density at radius 2 is 1.95 bits per heavy atom. The smallest absolute Gasteiger partial charge is 0.129 e. The largest absolute Gasteiger partial charge is 0.306 e. The summed E-state index contributed by atoms with van der Waals surface area (Å²) >= 11 is 0. The van der Waals surface area contributed by atoms with E-state index in [1.165, 1.54) is 6.07 Å². The minimum Gasteiger partial charge on any atom is -0.306 e. The van der Waals surface area contributed by atoms with Gasteiger partial charge < -0.3 is 5.32 Å². The Morgan fingerprint density at radius 3 is 2.50 bits per heavy atom. The van der Waals surface area contributed by atoms with Crippen molar-refractivity contribution in [2.75, 3.05) is 6.26 Å². The van der Waals surface area contributed by atoms with E-state index in [9.17, 15) is 8.60 Å². The Morgan fingerprint density at radius 1 is 1.27 bits per heavy atom. The molecule has 5 heteroatoms. The molecule has 0 heterocycles. The summed E-state index contributed by atoms with van der Waals surface area (Å²) in [4.78, 5) is 0.786. The lowest BCUT2D eigenvalue weighted by Gasteiger charge is -2.15. The van der Waals surface area contributed by atoms with Gasteiger partial charge in [-0.1, -0.05) is 18.2 Å². The molecule has 0 aliphatic heterocycles. The average molecular weight is 316 g/mol. The van der Waals surface area contributed by atoms with Crippen LogP contribution in [0.4, 0.5) is 4.39 Å². The fraction of sp³-hybridized carbons (Fsp3) is 0.235. The lowest BCUT2D eigenvalue weighted by atomic mass is 10.1.